The van der Waals surface area contributed by atoms with Crippen LogP contribution in [0.15, 0.2) is 30.3 Å². The fourth-order valence-electron chi connectivity index (χ4n) is 3.04. The Kier molecular flexibility index (Phi) is 3.80. The van der Waals surface area contributed by atoms with Gasteiger partial charge in [0.1, 0.15) is 0 Å². The Hall–Kier alpha value is -1.00. The average molecular weight is 276 g/mol. The summed E-state index contributed by atoms with van der Waals surface area (Å²) in [5.41, 5.74) is 7.49. The Morgan fingerprint density at radius 3 is 2.74 bits per heavy atom. The molecule has 2 N–H and O–H groups in total. The zero-order valence-electron chi connectivity index (χ0n) is 11.0. The summed E-state index contributed by atoms with van der Waals surface area (Å²) in [6, 6.07) is 10.4. The van der Waals surface area contributed by atoms with Crippen LogP contribution < -0.4 is 5.73 Å². The average Bonchev–Trinajstić information content (AvgIpc) is 3.08. The SMILES string of the molecule is N[C@@H]1CN(C(=O)C2CCCS2)C[C@H]1c1ccccc1. The summed E-state index contributed by atoms with van der Waals surface area (Å²) in [4.78, 5) is 14.4. The first-order chi connectivity index (χ1) is 9.25. The summed E-state index contributed by atoms with van der Waals surface area (Å²) in [5.74, 6) is 1.71. The standard InChI is InChI=1S/C15H20N2OS/c16-13-10-17(15(18)14-7-4-8-19-14)9-12(13)11-5-2-1-3-6-11/h1-3,5-6,12-14H,4,7-10,16H2/t12-,13+,14?/m0/s1. The van der Waals surface area contributed by atoms with E-state index < -0.39 is 0 Å². The lowest BCUT2D eigenvalue weighted by molar-refractivity contribution is -0.129. The maximum atomic E-state index is 12.4. The lowest BCUT2D eigenvalue weighted by Crippen LogP contribution is -2.36. The molecule has 19 heavy (non-hydrogen) atoms. The van der Waals surface area contributed by atoms with Crippen LogP contribution in [-0.4, -0.2) is 40.9 Å². The number of carbonyl (C=O) groups is 1. The molecule has 3 atom stereocenters. The van der Waals surface area contributed by atoms with E-state index in [0.717, 1.165) is 18.7 Å². The molecule has 3 nitrogen and oxygen atoms in total. The third kappa shape index (κ3) is 2.65. The molecule has 4 heteroatoms. The van der Waals surface area contributed by atoms with Gasteiger partial charge in [-0.2, -0.15) is 0 Å². The molecule has 1 unspecified atom stereocenters. The molecule has 3 rings (SSSR count). The lowest BCUT2D eigenvalue weighted by Gasteiger charge is -2.19. The zero-order chi connectivity index (χ0) is 13.2. The molecule has 1 aromatic carbocycles. The van der Waals surface area contributed by atoms with Crippen molar-refractivity contribution in [1.29, 1.82) is 0 Å². The molecule has 0 radical (unpaired) electrons. The van der Waals surface area contributed by atoms with Crippen molar-refractivity contribution in [2.24, 2.45) is 5.73 Å². The Bertz CT molecular complexity index is 445. The summed E-state index contributed by atoms with van der Waals surface area (Å²) < 4.78 is 0. The van der Waals surface area contributed by atoms with Crippen LogP contribution in [0.3, 0.4) is 0 Å². The first kappa shape index (κ1) is 13.0. The highest BCUT2D eigenvalue weighted by atomic mass is 32.2. The molecule has 1 aromatic rings. The number of nitrogens with zero attached hydrogens (tertiary/aromatic N) is 1. The van der Waals surface area contributed by atoms with Crippen LogP contribution in [-0.2, 0) is 4.79 Å². The van der Waals surface area contributed by atoms with Crippen LogP contribution in [0.4, 0.5) is 0 Å². The minimum absolute atomic E-state index is 0.0674. The summed E-state index contributed by atoms with van der Waals surface area (Å²) >= 11 is 1.80. The van der Waals surface area contributed by atoms with Gasteiger partial charge in [0.05, 0.1) is 5.25 Å². The van der Waals surface area contributed by atoms with Crippen molar-refractivity contribution in [3.8, 4) is 0 Å². The Labute approximate surface area is 118 Å². The molecular weight excluding hydrogens is 256 g/mol. The Balaban J connectivity index is 1.69. The highest BCUT2D eigenvalue weighted by Gasteiger charge is 2.37. The predicted molar refractivity (Wildman–Crippen MR) is 79.2 cm³/mol. The molecule has 0 spiro atoms. The Morgan fingerprint density at radius 2 is 2.05 bits per heavy atom. The maximum absolute atomic E-state index is 12.4. The summed E-state index contributed by atoms with van der Waals surface area (Å²) in [6.07, 6.45) is 2.20. The molecule has 1 amide bonds. The molecule has 0 saturated carbocycles. The van der Waals surface area contributed by atoms with Gasteiger partial charge in [-0.05, 0) is 24.2 Å². The number of rotatable bonds is 2. The van der Waals surface area contributed by atoms with Gasteiger partial charge in [-0.15, -0.1) is 11.8 Å². The first-order valence-corrected chi connectivity index (χ1v) is 8.01. The van der Waals surface area contributed by atoms with Gasteiger partial charge in [0, 0.05) is 25.0 Å². The van der Waals surface area contributed by atoms with Crippen molar-refractivity contribution in [3.63, 3.8) is 0 Å². The van der Waals surface area contributed by atoms with E-state index in [0.29, 0.717) is 12.5 Å². The van der Waals surface area contributed by atoms with Gasteiger partial charge in [0.2, 0.25) is 5.91 Å². The number of hydrogen-bond acceptors (Lipinski definition) is 3. The van der Waals surface area contributed by atoms with Gasteiger partial charge in [0.15, 0.2) is 0 Å². The third-order valence-corrected chi connectivity index (χ3v) is 5.47. The zero-order valence-corrected chi connectivity index (χ0v) is 11.8. The van der Waals surface area contributed by atoms with E-state index in [9.17, 15) is 4.79 Å². The predicted octanol–water partition coefficient (Wildman–Crippen LogP) is 1.84. The van der Waals surface area contributed by atoms with Crippen molar-refractivity contribution >= 4 is 17.7 Å². The van der Waals surface area contributed by atoms with Crippen LogP contribution in [0.1, 0.15) is 24.3 Å². The smallest absolute Gasteiger partial charge is 0.235 e. The molecule has 2 aliphatic heterocycles. The van der Waals surface area contributed by atoms with Crippen LogP contribution in [0.25, 0.3) is 0 Å². The Morgan fingerprint density at radius 1 is 1.26 bits per heavy atom. The topological polar surface area (TPSA) is 46.3 Å². The van der Waals surface area contributed by atoms with Crippen molar-refractivity contribution < 1.29 is 4.79 Å². The fourth-order valence-corrected chi connectivity index (χ4v) is 4.28. The minimum Gasteiger partial charge on any atom is -0.339 e. The number of hydrogen-bond donors (Lipinski definition) is 1. The largest absolute Gasteiger partial charge is 0.339 e. The van der Waals surface area contributed by atoms with E-state index in [1.807, 2.05) is 23.1 Å². The van der Waals surface area contributed by atoms with Crippen LogP contribution >= 0.6 is 11.8 Å². The number of benzene rings is 1. The van der Waals surface area contributed by atoms with Crippen molar-refractivity contribution in [2.75, 3.05) is 18.8 Å². The molecule has 2 aliphatic rings. The van der Waals surface area contributed by atoms with Gasteiger partial charge in [-0.25, -0.2) is 0 Å². The fraction of sp³-hybridized carbons (Fsp3) is 0.533. The van der Waals surface area contributed by atoms with Gasteiger partial charge in [-0.1, -0.05) is 30.3 Å². The second-order valence-corrected chi connectivity index (χ2v) is 6.74. The molecule has 2 saturated heterocycles. The van der Waals surface area contributed by atoms with Crippen LogP contribution in [0, 0.1) is 0 Å². The molecule has 0 aromatic heterocycles. The normalized spacial score (nSPS) is 30.8. The third-order valence-electron chi connectivity index (χ3n) is 4.11. The van der Waals surface area contributed by atoms with E-state index in [1.165, 1.54) is 12.0 Å². The summed E-state index contributed by atoms with van der Waals surface area (Å²) in [6.45, 7) is 1.48. The number of nitrogens with two attached hydrogens (primary N) is 1. The second-order valence-electron chi connectivity index (χ2n) is 5.43. The molecule has 102 valence electrons. The van der Waals surface area contributed by atoms with E-state index in [2.05, 4.69) is 12.1 Å². The number of amides is 1. The highest BCUT2D eigenvalue weighted by Crippen LogP contribution is 2.32. The van der Waals surface area contributed by atoms with Crippen LogP contribution in [0.5, 0.6) is 0 Å². The maximum Gasteiger partial charge on any atom is 0.235 e. The molecule has 2 fully saturated rings. The van der Waals surface area contributed by atoms with E-state index in [-0.39, 0.29) is 17.2 Å². The number of thioether (sulfide) groups is 1. The first-order valence-electron chi connectivity index (χ1n) is 6.96. The minimum atomic E-state index is 0.0674. The van der Waals surface area contributed by atoms with Gasteiger partial charge >= 0.3 is 0 Å². The molecular formula is C15H20N2OS. The van der Waals surface area contributed by atoms with E-state index in [1.54, 1.807) is 11.8 Å². The van der Waals surface area contributed by atoms with Gasteiger partial charge in [-0.3, -0.25) is 4.79 Å². The summed E-state index contributed by atoms with van der Waals surface area (Å²) in [5, 5.41) is 0.182. The summed E-state index contributed by atoms with van der Waals surface area (Å²) in [7, 11) is 0. The van der Waals surface area contributed by atoms with Crippen molar-refractivity contribution in [2.45, 2.75) is 30.1 Å². The van der Waals surface area contributed by atoms with Crippen molar-refractivity contribution in [3.05, 3.63) is 35.9 Å². The number of carbonyl (C=O) groups excluding carboxylic acids is 1. The molecule has 0 bridgehead atoms. The van der Waals surface area contributed by atoms with Crippen molar-refractivity contribution in [1.82, 2.24) is 4.90 Å². The lowest BCUT2D eigenvalue weighted by atomic mass is 9.95. The van der Waals surface area contributed by atoms with Gasteiger partial charge in [0.25, 0.3) is 0 Å². The highest BCUT2D eigenvalue weighted by molar-refractivity contribution is 8.00. The monoisotopic (exact) mass is 276 g/mol. The second kappa shape index (κ2) is 5.55. The number of likely N-dealkylation sites (tertiary alicyclic amines) is 1. The molecule has 2 heterocycles. The van der Waals surface area contributed by atoms with E-state index in [4.69, 9.17) is 5.73 Å². The van der Waals surface area contributed by atoms with Gasteiger partial charge < -0.3 is 10.6 Å². The quantitative estimate of drug-likeness (QED) is 0.896. The van der Waals surface area contributed by atoms with Crippen LogP contribution in [0.2, 0.25) is 0 Å². The van der Waals surface area contributed by atoms with E-state index >= 15 is 0 Å². The molecule has 0 aliphatic carbocycles.